The van der Waals surface area contributed by atoms with Gasteiger partial charge in [0.15, 0.2) is 0 Å². The van der Waals surface area contributed by atoms with Crippen molar-refractivity contribution in [3.05, 3.63) is 26.4 Å². The van der Waals surface area contributed by atoms with Crippen molar-refractivity contribution in [3.8, 4) is 5.88 Å². The first-order chi connectivity index (χ1) is 15.1. The number of aromatic hydroxyl groups is 1. The molecule has 6 N–H and O–H groups in total. The zero-order valence-corrected chi connectivity index (χ0v) is 19.2. The Labute approximate surface area is 187 Å². The number of urea groups is 1. The zero-order chi connectivity index (χ0) is 24.3. The number of hydrogen-bond acceptors (Lipinski definition) is 6. The molecule has 1 fully saturated rings. The lowest BCUT2D eigenvalue weighted by Crippen LogP contribution is -2.52. The van der Waals surface area contributed by atoms with E-state index in [9.17, 15) is 24.3 Å². The van der Waals surface area contributed by atoms with Gasteiger partial charge in [0.2, 0.25) is 11.8 Å². The molecular formula is C21H36N6O5. The first-order valence-corrected chi connectivity index (χ1v) is 11.1. The van der Waals surface area contributed by atoms with Gasteiger partial charge in [-0.1, -0.05) is 52.4 Å². The molecule has 2 rings (SSSR count). The average molecular weight is 453 g/mol. The molecule has 32 heavy (non-hydrogen) atoms. The fraction of sp³-hybridized carbons (Fsp3) is 0.667. The number of nitrogens with two attached hydrogens (primary N) is 1. The number of nitrogen functional groups attached to an aromatic ring is 1. The van der Waals surface area contributed by atoms with Gasteiger partial charge in [-0.25, -0.2) is 9.59 Å². The van der Waals surface area contributed by atoms with Crippen molar-refractivity contribution in [1.29, 1.82) is 5.41 Å². The van der Waals surface area contributed by atoms with Gasteiger partial charge in [0.05, 0.1) is 0 Å². The Morgan fingerprint density at radius 1 is 1.09 bits per heavy atom. The molecule has 180 valence electrons. The highest BCUT2D eigenvalue weighted by atomic mass is 16.3. The molecule has 0 saturated carbocycles. The molecule has 1 saturated heterocycles. The Balaban J connectivity index is 0.000000320. The summed E-state index contributed by atoms with van der Waals surface area (Å²) in [5, 5.41) is 19.7. The van der Waals surface area contributed by atoms with E-state index < -0.39 is 23.0 Å². The van der Waals surface area contributed by atoms with Crippen LogP contribution in [0.3, 0.4) is 0 Å². The van der Waals surface area contributed by atoms with E-state index in [1.165, 1.54) is 32.7 Å². The Morgan fingerprint density at radius 2 is 1.72 bits per heavy atom. The molecule has 0 radical (unpaired) electrons. The molecule has 3 amide bonds. The third-order valence-electron chi connectivity index (χ3n) is 5.26. The minimum atomic E-state index is -0.845. The van der Waals surface area contributed by atoms with Gasteiger partial charge >= 0.3 is 11.7 Å². The number of H-pyrrole nitrogens is 1. The highest BCUT2D eigenvalue weighted by Gasteiger charge is 2.28. The summed E-state index contributed by atoms with van der Waals surface area (Å²) in [7, 11) is 1.52. The second kappa shape index (κ2) is 13.3. The minimum absolute atomic E-state index is 0.0535. The SMILES string of the molecule is CCCCCCCC1CC(=O)N(C)C(=O)N1.CCCCn1c(O)c(C(=N)N)c(=O)[nH]c1=O. The van der Waals surface area contributed by atoms with E-state index in [-0.39, 0.29) is 30.1 Å². The molecule has 1 aliphatic rings. The molecule has 2 heterocycles. The van der Waals surface area contributed by atoms with Crippen molar-refractivity contribution in [2.45, 2.75) is 84.2 Å². The van der Waals surface area contributed by atoms with Gasteiger partial charge < -0.3 is 16.2 Å². The molecule has 0 aromatic carbocycles. The minimum Gasteiger partial charge on any atom is -0.494 e. The maximum Gasteiger partial charge on any atom is 0.331 e. The highest BCUT2D eigenvalue weighted by molar-refractivity contribution is 5.97. The lowest BCUT2D eigenvalue weighted by atomic mass is 10.0. The number of unbranched alkanes of at least 4 members (excludes halogenated alkanes) is 5. The van der Waals surface area contributed by atoms with Crippen LogP contribution in [0, 0.1) is 5.41 Å². The second-order valence-electron chi connectivity index (χ2n) is 7.88. The van der Waals surface area contributed by atoms with Gasteiger partial charge in [-0.3, -0.25) is 29.4 Å². The Morgan fingerprint density at radius 3 is 2.28 bits per heavy atom. The topological polar surface area (TPSA) is 174 Å². The number of rotatable bonds is 10. The summed E-state index contributed by atoms with van der Waals surface area (Å²) in [6.45, 7) is 4.40. The van der Waals surface area contributed by atoms with Crippen molar-refractivity contribution < 1.29 is 14.7 Å². The van der Waals surface area contributed by atoms with Crippen LogP contribution in [0.15, 0.2) is 9.59 Å². The van der Waals surface area contributed by atoms with E-state index >= 15 is 0 Å². The van der Waals surface area contributed by atoms with Crippen molar-refractivity contribution in [2.75, 3.05) is 7.05 Å². The first kappa shape index (κ1) is 26.9. The fourth-order valence-electron chi connectivity index (χ4n) is 3.28. The van der Waals surface area contributed by atoms with E-state index in [4.69, 9.17) is 11.1 Å². The van der Waals surface area contributed by atoms with Crippen LogP contribution in [0.2, 0.25) is 0 Å². The third kappa shape index (κ3) is 7.86. The molecule has 1 unspecified atom stereocenters. The fourth-order valence-corrected chi connectivity index (χ4v) is 3.28. The smallest absolute Gasteiger partial charge is 0.331 e. The van der Waals surface area contributed by atoms with Gasteiger partial charge in [-0.15, -0.1) is 0 Å². The second-order valence-corrected chi connectivity index (χ2v) is 7.88. The number of imide groups is 1. The van der Waals surface area contributed by atoms with Gasteiger partial charge in [0.1, 0.15) is 11.4 Å². The van der Waals surface area contributed by atoms with E-state index in [0.29, 0.717) is 12.8 Å². The van der Waals surface area contributed by atoms with Crippen molar-refractivity contribution in [1.82, 2.24) is 19.8 Å². The zero-order valence-electron chi connectivity index (χ0n) is 19.2. The molecule has 11 heteroatoms. The van der Waals surface area contributed by atoms with E-state index in [2.05, 4.69) is 12.2 Å². The van der Waals surface area contributed by atoms with Gasteiger partial charge in [0.25, 0.3) is 5.56 Å². The van der Waals surface area contributed by atoms with Crippen molar-refractivity contribution in [3.63, 3.8) is 0 Å². The molecule has 1 aliphatic heterocycles. The maximum absolute atomic E-state index is 11.4. The number of carbonyl (C=O) groups excluding carboxylic acids is 2. The standard InChI is InChI=1S/C12H22N2O2.C9H14N4O3/c1-3-4-5-6-7-8-10-9-11(15)14(2)12(16)13-10;1-2-3-4-13-8(15)5(6(10)11)7(14)12-9(13)16/h10H,3-9H2,1-2H3,(H,13,16);15H,2-4H2,1H3,(H3,10,11)(H,12,14,16). The molecule has 0 spiro atoms. The Hall–Kier alpha value is -3.11. The third-order valence-corrected chi connectivity index (χ3v) is 5.26. The molecule has 0 bridgehead atoms. The van der Waals surface area contributed by atoms with Crippen LogP contribution >= 0.6 is 0 Å². The summed E-state index contributed by atoms with van der Waals surface area (Å²) in [5.41, 5.74) is 3.25. The van der Waals surface area contributed by atoms with Crippen LogP contribution in [0.4, 0.5) is 4.79 Å². The van der Waals surface area contributed by atoms with Crippen LogP contribution < -0.4 is 22.3 Å². The monoisotopic (exact) mass is 452 g/mol. The number of aromatic nitrogens is 2. The largest absolute Gasteiger partial charge is 0.494 e. The number of amides is 3. The molecule has 1 aromatic heterocycles. The summed E-state index contributed by atoms with van der Waals surface area (Å²) in [6, 6.07) is -0.201. The summed E-state index contributed by atoms with van der Waals surface area (Å²) in [4.78, 5) is 48.6. The van der Waals surface area contributed by atoms with Crippen LogP contribution in [0.5, 0.6) is 5.88 Å². The molecule has 1 atom stereocenters. The van der Waals surface area contributed by atoms with Crippen LogP contribution in [-0.2, 0) is 11.3 Å². The molecule has 0 aliphatic carbocycles. The molecular weight excluding hydrogens is 416 g/mol. The van der Waals surface area contributed by atoms with E-state index in [0.717, 1.165) is 28.7 Å². The van der Waals surface area contributed by atoms with Crippen molar-refractivity contribution in [2.24, 2.45) is 5.73 Å². The summed E-state index contributed by atoms with van der Waals surface area (Å²) in [6.07, 6.45) is 8.96. The van der Waals surface area contributed by atoms with Crippen LogP contribution in [0.1, 0.15) is 77.2 Å². The first-order valence-electron chi connectivity index (χ1n) is 11.1. The van der Waals surface area contributed by atoms with E-state index in [1.54, 1.807) is 0 Å². The summed E-state index contributed by atoms with van der Waals surface area (Å²) in [5.74, 6) is -1.18. The number of aromatic amines is 1. The van der Waals surface area contributed by atoms with Gasteiger partial charge in [-0.2, -0.15) is 0 Å². The van der Waals surface area contributed by atoms with Crippen LogP contribution in [-0.4, -0.2) is 50.4 Å². The quantitative estimate of drug-likeness (QED) is 0.205. The lowest BCUT2D eigenvalue weighted by Gasteiger charge is -2.28. The normalized spacial score (nSPS) is 15.7. The summed E-state index contributed by atoms with van der Waals surface area (Å²) < 4.78 is 1.00. The molecule has 1 aromatic rings. The number of amidine groups is 1. The van der Waals surface area contributed by atoms with E-state index in [1.807, 2.05) is 11.9 Å². The maximum atomic E-state index is 11.4. The van der Waals surface area contributed by atoms with Crippen LogP contribution in [0.25, 0.3) is 0 Å². The summed E-state index contributed by atoms with van der Waals surface area (Å²) >= 11 is 0. The highest BCUT2D eigenvalue weighted by Crippen LogP contribution is 2.13. The van der Waals surface area contributed by atoms with Gasteiger partial charge in [-0.05, 0) is 12.8 Å². The number of hydrogen-bond donors (Lipinski definition) is 5. The number of carbonyl (C=O) groups is 2. The van der Waals surface area contributed by atoms with Crippen molar-refractivity contribution >= 4 is 17.8 Å². The number of nitrogens with one attached hydrogen (secondary N) is 3. The predicted molar refractivity (Wildman–Crippen MR) is 122 cm³/mol. The Kier molecular flexibility index (Phi) is 11.2. The Bertz CT molecular complexity index is 889. The lowest BCUT2D eigenvalue weighted by molar-refractivity contribution is -0.129. The average Bonchev–Trinajstić information content (AvgIpc) is 2.71. The number of nitrogens with zero attached hydrogens (tertiary/aromatic N) is 2. The predicted octanol–water partition coefficient (Wildman–Crippen LogP) is 1.61. The molecule has 11 nitrogen and oxygen atoms in total. The van der Waals surface area contributed by atoms with Gasteiger partial charge in [0, 0.05) is 26.1 Å².